The van der Waals surface area contributed by atoms with Gasteiger partial charge in [0, 0.05) is 18.3 Å². The lowest BCUT2D eigenvalue weighted by Gasteiger charge is -2.12. The monoisotopic (exact) mass is 324 g/mol. The van der Waals surface area contributed by atoms with E-state index in [4.69, 9.17) is 23.2 Å². The fourth-order valence-corrected chi connectivity index (χ4v) is 2.09. The molecule has 0 radical (unpaired) electrons. The first kappa shape index (κ1) is 15.9. The van der Waals surface area contributed by atoms with Gasteiger partial charge in [-0.25, -0.2) is 4.98 Å². The molecule has 0 amide bonds. The first-order chi connectivity index (χ1) is 9.95. The van der Waals surface area contributed by atoms with Crippen LogP contribution in [0.25, 0.3) is 0 Å². The predicted octanol–water partition coefficient (Wildman–Crippen LogP) is 4.90. The van der Waals surface area contributed by atoms with Crippen LogP contribution in [0, 0.1) is 12.8 Å². The number of anilines is 3. The zero-order valence-electron chi connectivity index (χ0n) is 12.2. The Kier molecular flexibility index (Phi) is 5.26. The van der Waals surface area contributed by atoms with Crippen molar-refractivity contribution in [2.75, 3.05) is 17.2 Å². The molecule has 4 nitrogen and oxygen atoms in total. The van der Waals surface area contributed by atoms with Crippen LogP contribution in [0.4, 0.5) is 17.5 Å². The number of benzene rings is 1. The molecular formula is C15H18Cl2N4. The van der Waals surface area contributed by atoms with Crippen LogP contribution in [0.2, 0.25) is 10.0 Å². The maximum absolute atomic E-state index is 6.16. The molecule has 0 aliphatic rings. The highest BCUT2D eigenvalue weighted by molar-refractivity contribution is 6.43. The van der Waals surface area contributed by atoms with Crippen LogP contribution < -0.4 is 10.6 Å². The number of rotatable bonds is 5. The lowest BCUT2D eigenvalue weighted by molar-refractivity contribution is 0.687. The lowest BCUT2D eigenvalue weighted by atomic mass is 10.2. The van der Waals surface area contributed by atoms with E-state index in [1.165, 1.54) is 0 Å². The Labute approximate surface area is 134 Å². The van der Waals surface area contributed by atoms with Gasteiger partial charge in [-0.3, -0.25) is 0 Å². The van der Waals surface area contributed by atoms with Crippen molar-refractivity contribution >= 4 is 40.7 Å². The summed E-state index contributed by atoms with van der Waals surface area (Å²) in [4.78, 5) is 8.80. The molecule has 0 saturated heterocycles. The third-order valence-corrected chi connectivity index (χ3v) is 3.56. The van der Waals surface area contributed by atoms with E-state index >= 15 is 0 Å². The van der Waals surface area contributed by atoms with E-state index in [1.54, 1.807) is 6.07 Å². The highest BCUT2D eigenvalue weighted by Crippen LogP contribution is 2.31. The second-order valence-corrected chi connectivity index (χ2v) is 6.00. The topological polar surface area (TPSA) is 49.8 Å². The number of hydrogen-bond donors (Lipinski definition) is 2. The summed E-state index contributed by atoms with van der Waals surface area (Å²) in [6.07, 6.45) is 0. The molecule has 0 fully saturated rings. The SMILES string of the molecule is Cc1cc(NCC(C)C)nc(Nc2cccc(Cl)c2Cl)n1. The zero-order valence-corrected chi connectivity index (χ0v) is 13.8. The first-order valence-corrected chi connectivity index (χ1v) is 7.52. The number of aryl methyl sites for hydroxylation is 1. The summed E-state index contributed by atoms with van der Waals surface area (Å²) in [5, 5.41) is 7.34. The van der Waals surface area contributed by atoms with Crippen LogP contribution in [0.3, 0.4) is 0 Å². The zero-order chi connectivity index (χ0) is 15.4. The van der Waals surface area contributed by atoms with Gasteiger partial charge >= 0.3 is 0 Å². The number of nitrogens with zero attached hydrogens (tertiary/aromatic N) is 2. The summed E-state index contributed by atoms with van der Waals surface area (Å²) in [5.74, 6) is 1.82. The van der Waals surface area contributed by atoms with Crippen molar-refractivity contribution in [1.82, 2.24) is 9.97 Å². The number of aromatic nitrogens is 2. The van der Waals surface area contributed by atoms with Gasteiger partial charge in [0.2, 0.25) is 5.95 Å². The maximum atomic E-state index is 6.16. The molecule has 0 aliphatic carbocycles. The minimum absolute atomic E-state index is 0.459. The molecule has 2 rings (SSSR count). The Morgan fingerprint density at radius 1 is 1.19 bits per heavy atom. The summed E-state index contributed by atoms with van der Waals surface area (Å²) in [7, 11) is 0. The van der Waals surface area contributed by atoms with E-state index in [0.717, 1.165) is 18.1 Å². The standard InChI is InChI=1S/C15H18Cl2N4/c1-9(2)8-18-13-7-10(3)19-15(21-13)20-12-6-4-5-11(16)14(12)17/h4-7,9H,8H2,1-3H3,(H2,18,19,20,21). The molecule has 0 spiro atoms. The second-order valence-electron chi connectivity index (χ2n) is 5.22. The Morgan fingerprint density at radius 2 is 1.95 bits per heavy atom. The summed E-state index contributed by atoms with van der Waals surface area (Å²) in [5.41, 5.74) is 1.56. The number of halogens is 2. The van der Waals surface area contributed by atoms with Gasteiger partial charge in [-0.1, -0.05) is 43.1 Å². The van der Waals surface area contributed by atoms with Gasteiger partial charge in [0.25, 0.3) is 0 Å². The quantitative estimate of drug-likeness (QED) is 0.820. The van der Waals surface area contributed by atoms with Crippen molar-refractivity contribution in [1.29, 1.82) is 0 Å². The molecule has 1 aromatic carbocycles. The fourth-order valence-electron chi connectivity index (χ4n) is 1.74. The minimum atomic E-state index is 0.459. The van der Waals surface area contributed by atoms with Crippen LogP contribution in [0.15, 0.2) is 24.3 Å². The average molecular weight is 325 g/mol. The van der Waals surface area contributed by atoms with E-state index in [-0.39, 0.29) is 0 Å². The highest BCUT2D eigenvalue weighted by atomic mass is 35.5. The molecular weight excluding hydrogens is 307 g/mol. The summed E-state index contributed by atoms with van der Waals surface area (Å²) >= 11 is 12.2. The maximum Gasteiger partial charge on any atom is 0.229 e. The molecule has 0 unspecified atom stereocenters. The van der Waals surface area contributed by atoms with E-state index in [2.05, 4.69) is 34.4 Å². The van der Waals surface area contributed by atoms with Crippen LogP contribution >= 0.6 is 23.2 Å². The van der Waals surface area contributed by atoms with Gasteiger partial charge in [0.05, 0.1) is 15.7 Å². The van der Waals surface area contributed by atoms with Crippen molar-refractivity contribution in [3.8, 4) is 0 Å². The molecule has 2 N–H and O–H groups in total. The van der Waals surface area contributed by atoms with Crippen molar-refractivity contribution in [2.24, 2.45) is 5.92 Å². The molecule has 112 valence electrons. The summed E-state index contributed by atoms with van der Waals surface area (Å²) in [6.45, 7) is 7.07. The van der Waals surface area contributed by atoms with Crippen molar-refractivity contribution in [3.05, 3.63) is 40.0 Å². The second kappa shape index (κ2) is 6.96. The van der Waals surface area contributed by atoms with E-state index in [1.807, 2.05) is 25.1 Å². The Hall–Kier alpha value is -1.52. The third kappa shape index (κ3) is 4.48. The Morgan fingerprint density at radius 3 is 2.67 bits per heavy atom. The molecule has 2 aromatic rings. The highest BCUT2D eigenvalue weighted by Gasteiger charge is 2.08. The molecule has 0 saturated carbocycles. The molecule has 0 atom stereocenters. The van der Waals surface area contributed by atoms with Crippen LogP contribution in [0.5, 0.6) is 0 Å². The van der Waals surface area contributed by atoms with E-state index < -0.39 is 0 Å². The summed E-state index contributed by atoms with van der Waals surface area (Å²) < 4.78 is 0. The van der Waals surface area contributed by atoms with Crippen molar-refractivity contribution < 1.29 is 0 Å². The smallest absolute Gasteiger partial charge is 0.229 e. The lowest BCUT2D eigenvalue weighted by Crippen LogP contribution is -2.10. The number of nitrogens with one attached hydrogen (secondary N) is 2. The average Bonchev–Trinajstić information content (AvgIpc) is 2.41. The van der Waals surface area contributed by atoms with Crippen molar-refractivity contribution in [2.45, 2.75) is 20.8 Å². The van der Waals surface area contributed by atoms with Gasteiger partial charge in [0.15, 0.2) is 0 Å². The molecule has 21 heavy (non-hydrogen) atoms. The van der Waals surface area contributed by atoms with Gasteiger partial charge in [0.1, 0.15) is 5.82 Å². The van der Waals surface area contributed by atoms with Gasteiger partial charge in [-0.05, 0) is 25.0 Å². The Bertz CT molecular complexity index is 629. The van der Waals surface area contributed by atoms with Gasteiger partial charge in [-0.2, -0.15) is 4.98 Å². The predicted molar refractivity (Wildman–Crippen MR) is 89.8 cm³/mol. The number of hydrogen-bond acceptors (Lipinski definition) is 4. The van der Waals surface area contributed by atoms with E-state index in [9.17, 15) is 0 Å². The molecule has 1 heterocycles. The van der Waals surface area contributed by atoms with Crippen LogP contribution in [-0.4, -0.2) is 16.5 Å². The largest absolute Gasteiger partial charge is 0.370 e. The summed E-state index contributed by atoms with van der Waals surface area (Å²) in [6, 6.07) is 7.31. The fraction of sp³-hybridized carbons (Fsp3) is 0.333. The van der Waals surface area contributed by atoms with Gasteiger partial charge < -0.3 is 10.6 Å². The van der Waals surface area contributed by atoms with Crippen LogP contribution in [-0.2, 0) is 0 Å². The van der Waals surface area contributed by atoms with E-state index in [0.29, 0.717) is 27.6 Å². The molecule has 1 aromatic heterocycles. The molecule has 0 aliphatic heterocycles. The van der Waals surface area contributed by atoms with Crippen LogP contribution in [0.1, 0.15) is 19.5 Å². The molecule has 0 bridgehead atoms. The minimum Gasteiger partial charge on any atom is -0.370 e. The first-order valence-electron chi connectivity index (χ1n) is 6.76. The Balaban J connectivity index is 2.21. The normalized spacial score (nSPS) is 10.8. The van der Waals surface area contributed by atoms with Crippen molar-refractivity contribution in [3.63, 3.8) is 0 Å². The van der Waals surface area contributed by atoms with Gasteiger partial charge in [-0.15, -0.1) is 0 Å². The molecule has 6 heteroatoms. The third-order valence-electron chi connectivity index (χ3n) is 2.74.